The van der Waals surface area contributed by atoms with Gasteiger partial charge in [-0.05, 0) is 36.4 Å². The Morgan fingerprint density at radius 2 is 1.85 bits per heavy atom. The van der Waals surface area contributed by atoms with E-state index in [0.717, 1.165) is 15.8 Å². The summed E-state index contributed by atoms with van der Waals surface area (Å²) < 4.78 is 26.8. The van der Waals surface area contributed by atoms with E-state index in [1.807, 2.05) is 30.5 Å². The number of amides is 1. The molecule has 1 amide bonds. The Labute approximate surface area is 206 Å². The molecule has 0 aliphatic rings. The van der Waals surface area contributed by atoms with Crippen LogP contribution in [0.15, 0.2) is 71.8 Å². The highest BCUT2D eigenvalue weighted by molar-refractivity contribution is 7.98. The van der Waals surface area contributed by atoms with Gasteiger partial charge in [0.2, 0.25) is 0 Å². The number of carbonyl (C=O) groups is 1. The number of hydrogen-bond acceptors (Lipinski definition) is 4. The molecule has 8 heteroatoms. The number of nitrogens with one attached hydrogen (secondary N) is 1. The van der Waals surface area contributed by atoms with Crippen LogP contribution in [0.4, 0.5) is 4.39 Å². The van der Waals surface area contributed by atoms with E-state index < -0.39 is 0 Å². The van der Waals surface area contributed by atoms with Gasteiger partial charge in [-0.3, -0.25) is 4.79 Å². The average molecular weight is 499 g/mol. The van der Waals surface area contributed by atoms with Crippen molar-refractivity contribution in [2.45, 2.75) is 17.2 Å². The third kappa shape index (κ3) is 5.16. The summed E-state index contributed by atoms with van der Waals surface area (Å²) in [4.78, 5) is 13.7. The number of ether oxygens (including phenoxy) is 2. The van der Waals surface area contributed by atoms with Gasteiger partial charge in [-0.15, -0.1) is 11.8 Å². The minimum atomic E-state index is -0.304. The first-order valence-corrected chi connectivity index (χ1v) is 12.0. The molecule has 1 aromatic heterocycles. The molecule has 3 aromatic carbocycles. The number of benzene rings is 3. The molecule has 1 heterocycles. The Kier molecular flexibility index (Phi) is 7.65. The maximum Gasteiger partial charge on any atom is 0.251 e. The number of fused-ring (bicyclic) bond motifs is 1. The van der Waals surface area contributed by atoms with E-state index in [0.29, 0.717) is 46.5 Å². The molecule has 1 N–H and O–H groups in total. The summed E-state index contributed by atoms with van der Waals surface area (Å²) in [7, 11) is 3.09. The lowest BCUT2D eigenvalue weighted by Crippen LogP contribution is -2.27. The fourth-order valence-corrected chi connectivity index (χ4v) is 5.13. The summed E-state index contributed by atoms with van der Waals surface area (Å²) in [6.07, 6.45) is 2.03. The number of methoxy groups -OCH3 is 2. The topological polar surface area (TPSA) is 52.5 Å². The largest absolute Gasteiger partial charge is 0.493 e. The normalized spacial score (nSPS) is 10.9. The van der Waals surface area contributed by atoms with Gasteiger partial charge in [0, 0.05) is 57.0 Å². The molecule has 5 nitrogen and oxygen atoms in total. The number of nitrogens with zero attached hydrogens (tertiary/aromatic N) is 1. The third-order valence-corrected chi connectivity index (χ3v) is 6.89. The zero-order valence-electron chi connectivity index (χ0n) is 18.8. The van der Waals surface area contributed by atoms with E-state index in [1.54, 1.807) is 37.4 Å². The van der Waals surface area contributed by atoms with E-state index in [9.17, 15) is 9.18 Å². The summed E-state index contributed by atoms with van der Waals surface area (Å²) in [5, 5.41) is 4.45. The van der Waals surface area contributed by atoms with Crippen LogP contribution in [0.3, 0.4) is 0 Å². The first-order valence-electron chi connectivity index (χ1n) is 10.7. The zero-order valence-corrected chi connectivity index (χ0v) is 20.4. The van der Waals surface area contributed by atoms with Crippen LogP contribution in [0.25, 0.3) is 10.9 Å². The van der Waals surface area contributed by atoms with Gasteiger partial charge in [-0.2, -0.15) is 0 Å². The van der Waals surface area contributed by atoms with Gasteiger partial charge in [-0.1, -0.05) is 35.9 Å². The minimum Gasteiger partial charge on any atom is -0.493 e. The highest BCUT2D eigenvalue weighted by atomic mass is 35.5. The van der Waals surface area contributed by atoms with E-state index >= 15 is 0 Å². The first kappa shape index (κ1) is 24.0. The molecule has 0 radical (unpaired) electrons. The molecular formula is C26H24ClFN2O3S. The van der Waals surface area contributed by atoms with E-state index in [2.05, 4.69) is 9.88 Å². The summed E-state index contributed by atoms with van der Waals surface area (Å²) in [6, 6.07) is 17.8. The lowest BCUT2D eigenvalue weighted by atomic mass is 10.2. The van der Waals surface area contributed by atoms with Crippen molar-refractivity contribution in [2.24, 2.45) is 0 Å². The highest BCUT2D eigenvalue weighted by Gasteiger charge is 2.13. The molecule has 0 spiro atoms. The second-order valence-electron chi connectivity index (χ2n) is 7.52. The van der Waals surface area contributed by atoms with E-state index in [4.69, 9.17) is 21.1 Å². The van der Waals surface area contributed by atoms with Crippen LogP contribution < -0.4 is 14.8 Å². The van der Waals surface area contributed by atoms with Crippen molar-refractivity contribution in [1.29, 1.82) is 0 Å². The molecular weight excluding hydrogens is 475 g/mol. The maximum absolute atomic E-state index is 14.2. The molecule has 0 aliphatic heterocycles. The van der Waals surface area contributed by atoms with Crippen molar-refractivity contribution in [3.63, 3.8) is 0 Å². The van der Waals surface area contributed by atoms with Gasteiger partial charge in [0.05, 0.1) is 14.2 Å². The fraction of sp³-hybridized carbons (Fsp3) is 0.192. The molecule has 0 atom stereocenters. The Balaban J connectivity index is 1.45. The summed E-state index contributed by atoms with van der Waals surface area (Å²) >= 11 is 7.73. The molecule has 0 fully saturated rings. The quantitative estimate of drug-likeness (QED) is 0.280. The fourth-order valence-electron chi connectivity index (χ4n) is 3.70. The van der Waals surface area contributed by atoms with Crippen molar-refractivity contribution >= 4 is 40.2 Å². The SMILES string of the molecule is COc1ccc(C(=O)NCCn2cc(SCc3c(F)cccc3Cl)c3ccccc32)cc1OC. The van der Waals surface area contributed by atoms with Crippen LogP contribution in [-0.2, 0) is 12.3 Å². The lowest BCUT2D eigenvalue weighted by molar-refractivity contribution is 0.0952. The first-order chi connectivity index (χ1) is 16.5. The van der Waals surface area contributed by atoms with Crippen LogP contribution >= 0.6 is 23.4 Å². The number of halogens is 2. The van der Waals surface area contributed by atoms with Crippen LogP contribution in [0.1, 0.15) is 15.9 Å². The van der Waals surface area contributed by atoms with Gasteiger partial charge in [0.1, 0.15) is 5.82 Å². The molecule has 0 saturated heterocycles. The predicted molar refractivity (Wildman–Crippen MR) is 135 cm³/mol. The van der Waals surface area contributed by atoms with Gasteiger partial charge < -0.3 is 19.4 Å². The number of carbonyl (C=O) groups excluding carboxylic acids is 1. The van der Waals surface area contributed by atoms with Crippen molar-refractivity contribution in [3.8, 4) is 11.5 Å². The number of thioether (sulfide) groups is 1. The molecule has 4 aromatic rings. The van der Waals surface area contributed by atoms with Gasteiger partial charge in [-0.25, -0.2) is 4.39 Å². The highest BCUT2D eigenvalue weighted by Crippen LogP contribution is 2.34. The van der Waals surface area contributed by atoms with E-state index in [-0.39, 0.29) is 11.7 Å². The third-order valence-electron chi connectivity index (χ3n) is 5.47. The molecule has 176 valence electrons. The van der Waals surface area contributed by atoms with Crippen LogP contribution in [-0.4, -0.2) is 31.2 Å². The molecule has 34 heavy (non-hydrogen) atoms. The zero-order chi connectivity index (χ0) is 24.1. The van der Waals surface area contributed by atoms with Crippen LogP contribution in [0.5, 0.6) is 11.5 Å². The summed E-state index contributed by atoms with van der Waals surface area (Å²) in [5.41, 5.74) is 2.03. The standard InChI is InChI=1S/C26H24ClFN2O3S/c1-32-23-11-10-17(14-24(23)33-2)26(31)29-12-13-30-15-25(18-6-3-4-9-22(18)30)34-16-19-20(27)7-5-8-21(19)28/h3-11,14-15H,12-13,16H2,1-2H3,(H,29,31). The molecule has 0 saturated carbocycles. The predicted octanol–water partition coefficient (Wildman–Crippen LogP) is 6.17. The summed E-state index contributed by atoms with van der Waals surface area (Å²) in [5.74, 6) is 1.00. The summed E-state index contributed by atoms with van der Waals surface area (Å²) in [6.45, 7) is 1.02. The van der Waals surface area contributed by atoms with Crippen LogP contribution in [0.2, 0.25) is 5.02 Å². The smallest absolute Gasteiger partial charge is 0.251 e. The van der Waals surface area contributed by atoms with Gasteiger partial charge in [0.25, 0.3) is 5.91 Å². The Bertz CT molecular complexity index is 1300. The van der Waals surface area contributed by atoms with Gasteiger partial charge >= 0.3 is 0 Å². The van der Waals surface area contributed by atoms with Crippen molar-refractivity contribution in [2.75, 3.05) is 20.8 Å². The average Bonchev–Trinajstić information content (AvgIpc) is 3.21. The Morgan fingerprint density at radius 3 is 2.62 bits per heavy atom. The number of hydrogen-bond donors (Lipinski definition) is 1. The molecule has 0 unspecified atom stereocenters. The van der Waals surface area contributed by atoms with Crippen molar-refractivity contribution < 1.29 is 18.7 Å². The van der Waals surface area contributed by atoms with E-state index in [1.165, 1.54) is 24.9 Å². The number of rotatable bonds is 9. The molecule has 4 rings (SSSR count). The molecule has 0 bridgehead atoms. The Morgan fingerprint density at radius 1 is 1.06 bits per heavy atom. The lowest BCUT2D eigenvalue weighted by Gasteiger charge is -2.10. The maximum atomic E-state index is 14.2. The number of para-hydroxylation sites is 1. The van der Waals surface area contributed by atoms with Gasteiger partial charge in [0.15, 0.2) is 11.5 Å². The minimum absolute atomic E-state index is 0.193. The number of aromatic nitrogens is 1. The van der Waals surface area contributed by atoms with Crippen LogP contribution in [0, 0.1) is 5.82 Å². The van der Waals surface area contributed by atoms with Crippen molar-refractivity contribution in [1.82, 2.24) is 9.88 Å². The van der Waals surface area contributed by atoms with Crippen molar-refractivity contribution in [3.05, 3.63) is 88.8 Å². The molecule has 0 aliphatic carbocycles. The second-order valence-corrected chi connectivity index (χ2v) is 8.94. The second kappa shape index (κ2) is 10.8. The monoisotopic (exact) mass is 498 g/mol. The Hall–Kier alpha value is -3.16.